The van der Waals surface area contributed by atoms with E-state index in [4.69, 9.17) is 4.98 Å². The van der Waals surface area contributed by atoms with Gasteiger partial charge < -0.3 is 5.32 Å². The zero-order valence-corrected chi connectivity index (χ0v) is 11.2. The summed E-state index contributed by atoms with van der Waals surface area (Å²) in [4.78, 5) is 17.8. The molecule has 2 aromatic heterocycles. The SMILES string of the molecule is CCNc1nc(C2CC2)nc(-c2cnccn2)c1C. The Labute approximate surface area is 112 Å². The zero-order chi connectivity index (χ0) is 13.2. The van der Waals surface area contributed by atoms with Crippen LogP contribution in [0.2, 0.25) is 0 Å². The summed E-state index contributed by atoms with van der Waals surface area (Å²) in [5.41, 5.74) is 2.73. The molecule has 1 N–H and O–H groups in total. The smallest absolute Gasteiger partial charge is 0.134 e. The van der Waals surface area contributed by atoms with Crippen molar-refractivity contribution in [3.63, 3.8) is 0 Å². The first-order chi connectivity index (χ1) is 9.29. The molecule has 0 aromatic carbocycles. The van der Waals surface area contributed by atoms with Crippen LogP contribution < -0.4 is 5.32 Å². The number of aromatic nitrogens is 4. The van der Waals surface area contributed by atoms with Crippen LogP contribution in [0, 0.1) is 6.92 Å². The highest BCUT2D eigenvalue weighted by Gasteiger charge is 2.28. The maximum Gasteiger partial charge on any atom is 0.134 e. The summed E-state index contributed by atoms with van der Waals surface area (Å²) in [6.07, 6.45) is 7.50. The molecule has 5 nitrogen and oxygen atoms in total. The minimum absolute atomic E-state index is 0.522. The molecule has 0 bridgehead atoms. The van der Waals surface area contributed by atoms with E-state index in [-0.39, 0.29) is 0 Å². The van der Waals surface area contributed by atoms with Gasteiger partial charge in [-0.2, -0.15) is 0 Å². The zero-order valence-electron chi connectivity index (χ0n) is 11.2. The first-order valence-corrected chi connectivity index (χ1v) is 6.68. The van der Waals surface area contributed by atoms with Crippen molar-refractivity contribution in [3.8, 4) is 11.4 Å². The van der Waals surface area contributed by atoms with Crippen LogP contribution in [-0.2, 0) is 0 Å². The molecular formula is C14H17N5. The molecule has 3 rings (SSSR count). The van der Waals surface area contributed by atoms with E-state index in [1.807, 2.05) is 6.92 Å². The molecular weight excluding hydrogens is 238 g/mol. The third kappa shape index (κ3) is 2.41. The van der Waals surface area contributed by atoms with Crippen molar-refractivity contribution in [2.45, 2.75) is 32.6 Å². The number of hydrogen-bond donors (Lipinski definition) is 1. The van der Waals surface area contributed by atoms with Crippen LogP contribution in [0.25, 0.3) is 11.4 Å². The summed E-state index contributed by atoms with van der Waals surface area (Å²) in [5.74, 6) is 2.37. The summed E-state index contributed by atoms with van der Waals surface area (Å²) in [7, 11) is 0. The Balaban J connectivity index is 2.11. The molecule has 0 radical (unpaired) electrons. The Morgan fingerprint density at radius 1 is 1.26 bits per heavy atom. The topological polar surface area (TPSA) is 63.6 Å². The normalized spacial score (nSPS) is 14.4. The van der Waals surface area contributed by atoms with Gasteiger partial charge >= 0.3 is 0 Å². The second-order valence-corrected chi connectivity index (χ2v) is 4.80. The van der Waals surface area contributed by atoms with Gasteiger partial charge in [-0.1, -0.05) is 0 Å². The van der Waals surface area contributed by atoms with Crippen molar-refractivity contribution in [2.75, 3.05) is 11.9 Å². The minimum Gasteiger partial charge on any atom is -0.370 e. The maximum absolute atomic E-state index is 4.69. The molecule has 0 amide bonds. The highest BCUT2D eigenvalue weighted by atomic mass is 15.0. The Kier molecular flexibility index (Phi) is 3.11. The lowest BCUT2D eigenvalue weighted by atomic mass is 10.1. The molecule has 0 saturated heterocycles. The monoisotopic (exact) mass is 255 g/mol. The summed E-state index contributed by atoms with van der Waals surface area (Å²) < 4.78 is 0. The number of hydrogen-bond acceptors (Lipinski definition) is 5. The quantitative estimate of drug-likeness (QED) is 0.909. The van der Waals surface area contributed by atoms with Crippen molar-refractivity contribution in [1.29, 1.82) is 0 Å². The van der Waals surface area contributed by atoms with Gasteiger partial charge in [-0.25, -0.2) is 9.97 Å². The summed E-state index contributed by atoms with van der Waals surface area (Å²) in [6, 6.07) is 0. The van der Waals surface area contributed by atoms with Gasteiger partial charge in [0.05, 0.1) is 11.9 Å². The van der Waals surface area contributed by atoms with Crippen LogP contribution in [0.1, 0.15) is 37.1 Å². The summed E-state index contributed by atoms with van der Waals surface area (Å²) >= 11 is 0. The number of nitrogens with one attached hydrogen (secondary N) is 1. The standard InChI is InChI=1S/C14H17N5/c1-3-16-13-9(2)12(11-8-15-6-7-17-11)18-14(19-13)10-4-5-10/h6-8,10H,3-5H2,1-2H3,(H,16,18,19). The minimum atomic E-state index is 0.522. The fourth-order valence-corrected chi connectivity index (χ4v) is 2.07. The van der Waals surface area contributed by atoms with Crippen LogP contribution in [-0.4, -0.2) is 26.5 Å². The van der Waals surface area contributed by atoms with Gasteiger partial charge in [0, 0.05) is 30.4 Å². The lowest BCUT2D eigenvalue weighted by Crippen LogP contribution is -2.08. The Hall–Kier alpha value is -2.04. The third-order valence-electron chi connectivity index (χ3n) is 3.26. The van der Waals surface area contributed by atoms with Gasteiger partial charge in [-0.15, -0.1) is 0 Å². The third-order valence-corrected chi connectivity index (χ3v) is 3.26. The highest BCUT2D eigenvalue weighted by Crippen LogP contribution is 2.39. The molecule has 98 valence electrons. The molecule has 1 aliphatic carbocycles. The molecule has 2 aromatic rings. The highest BCUT2D eigenvalue weighted by molar-refractivity contribution is 5.64. The van der Waals surface area contributed by atoms with Crippen molar-refractivity contribution in [2.24, 2.45) is 0 Å². The predicted octanol–water partition coefficient (Wildman–Crippen LogP) is 2.55. The fourth-order valence-electron chi connectivity index (χ4n) is 2.07. The number of anilines is 1. The van der Waals surface area contributed by atoms with Gasteiger partial charge in [0.2, 0.25) is 0 Å². The molecule has 0 spiro atoms. The predicted molar refractivity (Wildman–Crippen MR) is 73.9 cm³/mol. The first-order valence-electron chi connectivity index (χ1n) is 6.68. The molecule has 19 heavy (non-hydrogen) atoms. The number of nitrogens with zero attached hydrogens (tertiary/aromatic N) is 4. The molecule has 1 aliphatic rings. The molecule has 0 unspecified atom stereocenters. The van der Waals surface area contributed by atoms with Gasteiger partial charge in [0.1, 0.15) is 17.3 Å². The second kappa shape index (κ2) is 4.91. The maximum atomic E-state index is 4.69. The molecule has 2 heterocycles. The van der Waals surface area contributed by atoms with Crippen LogP contribution in [0.4, 0.5) is 5.82 Å². The first kappa shape index (κ1) is 12.0. The second-order valence-electron chi connectivity index (χ2n) is 4.80. The lowest BCUT2D eigenvalue weighted by molar-refractivity contribution is 0.915. The van der Waals surface area contributed by atoms with E-state index in [0.29, 0.717) is 5.92 Å². The largest absolute Gasteiger partial charge is 0.370 e. The van der Waals surface area contributed by atoms with E-state index in [1.54, 1.807) is 18.6 Å². The molecule has 1 saturated carbocycles. The van der Waals surface area contributed by atoms with Gasteiger partial charge in [-0.05, 0) is 26.7 Å². The van der Waals surface area contributed by atoms with E-state index in [9.17, 15) is 0 Å². The van der Waals surface area contributed by atoms with Crippen molar-refractivity contribution >= 4 is 5.82 Å². The average molecular weight is 255 g/mol. The Bertz CT molecular complexity index is 578. The molecule has 5 heteroatoms. The Morgan fingerprint density at radius 3 is 2.74 bits per heavy atom. The molecule has 0 atom stereocenters. The van der Waals surface area contributed by atoms with E-state index < -0.39 is 0 Å². The summed E-state index contributed by atoms with van der Waals surface area (Å²) in [6.45, 7) is 4.95. The molecule has 0 aliphatic heterocycles. The van der Waals surface area contributed by atoms with Crippen molar-refractivity contribution in [3.05, 3.63) is 30.0 Å². The van der Waals surface area contributed by atoms with E-state index in [2.05, 4.69) is 27.2 Å². The van der Waals surface area contributed by atoms with Crippen LogP contribution >= 0.6 is 0 Å². The van der Waals surface area contributed by atoms with Crippen molar-refractivity contribution in [1.82, 2.24) is 19.9 Å². The van der Waals surface area contributed by atoms with Crippen LogP contribution in [0.15, 0.2) is 18.6 Å². The fraction of sp³-hybridized carbons (Fsp3) is 0.429. The van der Waals surface area contributed by atoms with Gasteiger partial charge in [-0.3, -0.25) is 9.97 Å². The van der Waals surface area contributed by atoms with E-state index in [1.165, 1.54) is 12.8 Å². The number of rotatable bonds is 4. The Morgan fingerprint density at radius 2 is 2.11 bits per heavy atom. The van der Waals surface area contributed by atoms with E-state index >= 15 is 0 Å². The van der Waals surface area contributed by atoms with E-state index in [0.717, 1.165) is 35.1 Å². The van der Waals surface area contributed by atoms with Gasteiger partial charge in [0.15, 0.2) is 0 Å². The lowest BCUT2D eigenvalue weighted by Gasteiger charge is -2.12. The summed E-state index contributed by atoms with van der Waals surface area (Å²) in [5, 5.41) is 3.31. The van der Waals surface area contributed by atoms with Crippen molar-refractivity contribution < 1.29 is 0 Å². The van der Waals surface area contributed by atoms with Crippen LogP contribution in [0.3, 0.4) is 0 Å². The molecule has 1 fully saturated rings. The van der Waals surface area contributed by atoms with Crippen LogP contribution in [0.5, 0.6) is 0 Å². The van der Waals surface area contributed by atoms with Gasteiger partial charge in [0.25, 0.3) is 0 Å². The average Bonchev–Trinajstić information content (AvgIpc) is 3.27.